The van der Waals surface area contributed by atoms with Crippen molar-refractivity contribution in [3.63, 3.8) is 0 Å². The van der Waals surface area contributed by atoms with E-state index in [2.05, 4.69) is 20.9 Å². The van der Waals surface area contributed by atoms with Crippen LogP contribution >= 0.6 is 11.3 Å². The molecule has 0 radical (unpaired) electrons. The van der Waals surface area contributed by atoms with E-state index in [4.69, 9.17) is 0 Å². The molecule has 0 unspecified atom stereocenters. The Morgan fingerprint density at radius 2 is 2.40 bits per heavy atom. The third-order valence-electron chi connectivity index (χ3n) is 2.24. The second kappa shape index (κ2) is 4.46. The van der Waals surface area contributed by atoms with Crippen LogP contribution < -0.4 is 10.2 Å². The molecule has 80 valence electrons. The van der Waals surface area contributed by atoms with Gasteiger partial charge in [-0.3, -0.25) is 4.79 Å². The summed E-state index contributed by atoms with van der Waals surface area (Å²) in [6.07, 6.45) is 2.02. The van der Waals surface area contributed by atoms with Crippen LogP contribution in [-0.4, -0.2) is 9.55 Å². The maximum absolute atomic E-state index is 10.9. The Labute approximate surface area is 91.6 Å². The van der Waals surface area contributed by atoms with Crippen LogP contribution in [0, 0.1) is 0 Å². The van der Waals surface area contributed by atoms with Gasteiger partial charge in [0, 0.05) is 43.1 Å². The van der Waals surface area contributed by atoms with E-state index in [0.717, 1.165) is 12.2 Å². The lowest BCUT2D eigenvalue weighted by molar-refractivity contribution is 0.647. The van der Waals surface area contributed by atoms with E-state index in [0.29, 0.717) is 6.54 Å². The average molecular weight is 223 g/mol. The molecular weight excluding hydrogens is 210 g/mol. The summed E-state index contributed by atoms with van der Waals surface area (Å²) in [4.78, 5) is 13.6. The molecule has 0 atom stereocenters. The predicted octanol–water partition coefficient (Wildman–Crippen LogP) is 1.06. The SMILES string of the molecule is Cn1cccc1CNCc1csc(=O)[nH]1. The summed E-state index contributed by atoms with van der Waals surface area (Å²) < 4.78 is 2.07. The van der Waals surface area contributed by atoms with Gasteiger partial charge in [0.1, 0.15) is 0 Å². The molecule has 2 aromatic heterocycles. The van der Waals surface area contributed by atoms with E-state index >= 15 is 0 Å². The summed E-state index contributed by atoms with van der Waals surface area (Å²) in [7, 11) is 2.02. The quantitative estimate of drug-likeness (QED) is 0.814. The summed E-state index contributed by atoms with van der Waals surface area (Å²) in [5.74, 6) is 0. The standard InChI is InChI=1S/C10H13N3OS/c1-13-4-2-3-9(13)6-11-5-8-7-15-10(14)12-8/h2-4,7,11H,5-6H2,1H3,(H,12,14). The maximum atomic E-state index is 10.9. The van der Waals surface area contributed by atoms with E-state index < -0.39 is 0 Å². The van der Waals surface area contributed by atoms with Crippen LogP contribution in [0.5, 0.6) is 0 Å². The largest absolute Gasteiger partial charge is 0.353 e. The fourth-order valence-electron chi connectivity index (χ4n) is 1.41. The normalized spacial score (nSPS) is 10.7. The van der Waals surface area contributed by atoms with Crippen LogP contribution in [0.2, 0.25) is 0 Å². The Bertz CT molecular complexity index is 483. The number of nitrogens with zero attached hydrogens (tertiary/aromatic N) is 1. The van der Waals surface area contributed by atoms with E-state index in [1.165, 1.54) is 17.0 Å². The number of aromatic nitrogens is 2. The molecule has 4 nitrogen and oxygen atoms in total. The van der Waals surface area contributed by atoms with Crippen LogP contribution in [0.15, 0.2) is 28.5 Å². The molecule has 15 heavy (non-hydrogen) atoms. The van der Waals surface area contributed by atoms with Crippen molar-refractivity contribution in [1.29, 1.82) is 0 Å². The fraction of sp³-hybridized carbons (Fsp3) is 0.300. The van der Waals surface area contributed by atoms with Crippen molar-refractivity contribution < 1.29 is 0 Å². The van der Waals surface area contributed by atoms with Gasteiger partial charge in [-0.05, 0) is 12.1 Å². The second-order valence-corrected chi connectivity index (χ2v) is 4.23. The Morgan fingerprint density at radius 3 is 3.00 bits per heavy atom. The first kappa shape index (κ1) is 10.2. The van der Waals surface area contributed by atoms with Crippen molar-refractivity contribution >= 4 is 11.3 Å². The van der Waals surface area contributed by atoms with Gasteiger partial charge in [-0.2, -0.15) is 0 Å². The van der Waals surface area contributed by atoms with Gasteiger partial charge < -0.3 is 14.9 Å². The predicted molar refractivity (Wildman–Crippen MR) is 60.9 cm³/mol. The molecule has 2 rings (SSSR count). The van der Waals surface area contributed by atoms with Crippen LogP contribution in [0.1, 0.15) is 11.4 Å². The third-order valence-corrected chi connectivity index (χ3v) is 2.96. The molecule has 0 amide bonds. The van der Waals surface area contributed by atoms with Crippen molar-refractivity contribution in [2.75, 3.05) is 0 Å². The molecule has 0 spiro atoms. The van der Waals surface area contributed by atoms with E-state index in [-0.39, 0.29) is 4.87 Å². The van der Waals surface area contributed by atoms with Crippen molar-refractivity contribution in [1.82, 2.24) is 14.9 Å². The maximum Gasteiger partial charge on any atom is 0.304 e. The zero-order valence-electron chi connectivity index (χ0n) is 8.49. The molecule has 5 heteroatoms. The molecule has 0 bridgehead atoms. The second-order valence-electron chi connectivity index (χ2n) is 3.39. The average Bonchev–Trinajstić information content (AvgIpc) is 2.77. The first-order valence-corrected chi connectivity index (χ1v) is 5.61. The molecule has 0 saturated heterocycles. The molecular formula is C10H13N3OS. The van der Waals surface area contributed by atoms with Gasteiger partial charge in [0.05, 0.1) is 0 Å². The molecule has 2 heterocycles. The Balaban J connectivity index is 1.85. The first-order chi connectivity index (χ1) is 7.25. The van der Waals surface area contributed by atoms with E-state index in [9.17, 15) is 4.79 Å². The number of hydrogen-bond donors (Lipinski definition) is 2. The molecule has 0 fully saturated rings. The zero-order chi connectivity index (χ0) is 10.7. The topological polar surface area (TPSA) is 49.8 Å². The Kier molecular flexibility index (Phi) is 3.03. The van der Waals surface area contributed by atoms with Crippen molar-refractivity contribution in [2.45, 2.75) is 13.1 Å². The molecule has 2 N–H and O–H groups in total. The summed E-state index contributed by atoms with van der Waals surface area (Å²) in [5, 5.41) is 5.12. The molecule has 2 aromatic rings. The minimum Gasteiger partial charge on any atom is -0.353 e. The minimum atomic E-state index is 0.00525. The lowest BCUT2D eigenvalue weighted by Gasteiger charge is -2.04. The number of H-pyrrole nitrogens is 1. The van der Waals surface area contributed by atoms with Crippen molar-refractivity contribution in [2.24, 2.45) is 7.05 Å². The number of nitrogens with one attached hydrogen (secondary N) is 2. The molecule has 0 aliphatic carbocycles. The first-order valence-electron chi connectivity index (χ1n) is 4.73. The zero-order valence-corrected chi connectivity index (χ0v) is 9.30. The lowest BCUT2D eigenvalue weighted by Crippen LogP contribution is -2.15. The Morgan fingerprint density at radius 1 is 1.53 bits per heavy atom. The van der Waals surface area contributed by atoms with E-state index in [1.54, 1.807) is 0 Å². The summed E-state index contributed by atoms with van der Waals surface area (Å²) >= 11 is 1.20. The van der Waals surface area contributed by atoms with Crippen LogP contribution in [0.4, 0.5) is 0 Å². The number of aromatic amines is 1. The molecule has 0 saturated carbocycles. The number of hydrogen-bond acceptors (Lipinski definition) is 3. The Hall–Kier alpha value is -1.33. The summed E-state index contributed by atoms with van der Waals surface area (Å²) in [6.45, 7) is 1.51. The monoisotopic (exact) mass is 223 g/mol. The van der Waals surface area contributed by atoms with Crippen molar-refractivity contribution in [3.8, 4) is 0 Å². The molecule has 0 aliphatic rings. The van der Waals surface area contributed by atoms with Gasteiger partial charge in [-0.25, -0.2) is 0 Å². The molecule has 0 aliphatic heterocycles. The summed E-state index contributed by atoms with van der Waals surface area (Å²) in [5.41, 5.74) is 2.17. The van der Waals surface area contributed by atoms with Crippen LogP contribution in [-0.2, 0) is 20.1 Å². The highest BCUT2D eigenvalue weighted by molar-refractivity contribution is 7.07. The van der Waals surface area contributed by atoms with Gasteiger partial charge in [0.25, 0.3) is 0 Å². The van der Waals surface area contributed by atoms with Gasteiger partial charge in [-0.15, -0.1) is 0 Å². The molecule has 0 aromatic carbocycles. The fourth-order valence-corrected chi connectivity index (χ4v) is 1.99. The number of aryl methyl sites for hydroxylation is 1. The third kappa shape index (κ3) is 2.57. The highest BCUT2D eigenvalue weighted by Crippen LogP contribution is 2.00. The summed E-state index contributed by atoms with van der Waals surface area (Å²) in [6, 6.07) is 4.09. The van der Waals surface area contributed by atoms with Gasteiger partial charge in [0.2, 0.25) is 0 Å². The highest BCUT2D eigenvalue weighted by Gasteiger charge is 1.98. The minimum absolute atomic E-state index is 0.00525. The van der Waals surface area contributed by atoms with Gasteiger partial charge in [0.15, 0.2) is 0 Å². The van der Waals surface area contributed by atoms with E-state index in [1.807, 2.05) is 24.7 Å². The number of rotatable bonds is 4. The number of thiazole rings is 1. The lowest BCUT2D eigenvalue weighted by atomic mass is 10.4. The van der Waals surface area contributed by atoms with Crippen LogP contribution in [0.3, 0.4) is 0 Å². The smallest absolute Gasteiger partial charge is 0.304 e. The van der Waals surface area contributed by atoms with Gasteiger partial charge in [-0.1, -0.05) is 11.3 Å². The van der Waals surface area contributed by atoms with Gasteiger partial charge >= 0.3 is 4.87 Å². The van der Waals surface area contributed by atoms with Crippen molar-refractivity contribution in [3.05, 3.63) is 44.8 Å². The van der Waals surface area contributed by atoms with Crippen LogP contribution in [0.25, 0.3) is 0 Å². The highest BCUT2D eigenvalue weighted by atomic mass is 32.1.